The fourth-order valence-corrected chi connectivity index (χ4v) is 14.4. The third-order valence-corrected chi connectivity index (χ3v) is 18.9. The van der Waals surface area contributed by atoms with Crippen LogP contribution in [0, 0.1) is 0 Å². The molecule has 2 heterocycles. The van der Waals surface area contributed by atoms with E-state index in [2.05, 4.69) is 342 Å². The molecule has 0 fully saturated rings. The first-order chi connectivity index (χ1) is 42.4. The Hall–Kier alpha value is -10.3. The number of hydrogen-bond acceptors (Lipinski definition) is 0. The molecule has 0 bridgehead atoms. The van der Waals surface area contributed by atoms with E-state index in [1.165, 1.54) is 144 Å². The van der Waals surface area contributed by atoms with Crippen molar-refractivity contribution >= 4 is 67.9 Å². The minimum atomic E-state index is -0.469. The van der Waals surface area contributed by atoms with Crippen molar-refractivity contribution < 1.29 is 0 Å². The molecule has 416 valence electrons. The van der Waals surface area contributed by atoms with Crippen LogP contribution in [-0.4, -0.2) is 9.13 Å². The molecule has 2 aliphatic carbocycles. The van der Waals surface area contributed by atoms with Crippen LogP contribution in [0.15, 0.2) is 267 Å². The topological polar surface area (TPSA) is 9.86 Å². The minimum absolute atomic E-state index is 0.100. The summed E-state index contributed by atoms with van der Waals surface area (Å²) in [6, 6.07) is 100. The molecule has 0 saturated heterocycles. The maximum atomic E-state index is 2.46. The van der Waals surface area contributed by atoms with E-state index in [0.29, 0.717) is 0 Å². The highest BCUT2D eigenvalue weighted by atomic mass is 15.0. The summed E-state index contributed by atoms with van der Waals surface area (Å²) in [6.45, 7) is 13.6. The van der Waals surface area contributed by atoms with Crippen LogP contribution in [0.3, 0.4) is 0 Å². The summed E-state index contributed by atoms with van der Waals surface area (Å²) >= 11 is 0. The zero-order chi connectivity index (χ0) is 58.8. The van der Waals surface area contributed by atoms with Gasteiger partial charge in [-0.1, -0.05) is 260 Å². The molecule has 1 spiro atoms. The number of para-hydroxylation sites is 2. The van der Waals surface area contributed by atoms with Gasteiger partial charge in [-0.2, -0.15) is 0 Å². The Kier molecular flexibility index (Phi) is 12.0. The SMILES string of the molecule is CC(C)(C)c1ccc(-n2c3ccccc3c3cc(-c4ccc(C=Cc5ccc6c(c5)C5(c7ccccc7-c7ccccc75)c5cc(C=Cc7ccc(-c8ccc9c(c8)c8ccccc8n9-c8ccc(C(C)(C)C)cc8)cc7)ccc5-6)cc4)ccc32)cc1. The van der Waals surface area contributed by atoms with Crippen LogP contribution in [0.2, 0.25) is 0 Å². The lowest BCUT2D eigenvalue weighted by atomic mass is 9.70. The van der Waals surface area contributed by atoms with Gasteiger partial charge in [0.15, 0.2) is 0 Å². The van der Waals surface area contributed by atoms with Gasteiger partial charge in [-0.3, -0.25) is 0 Å². The molecule has 0 atom stereocenters. The Bertz CT molecular complexity index is 4790. The summed E-state index contributed by atoms with van der Waals surface area (Å²) in [7, 11) is 0. The van der Waals surface area contributed by atoms with Crippen molar-refractivity contribution in [2.45, 2.75) is 57.8 Å². The standard InChI is InChI=1S/C85H66N2/c1-83(2,3)63-39-43-65(44-40-63)86-79-21-13-9-17-71(79)73-53-61(37-49-81(73)86)59-33-27-55(28-34-59)23-25-57-31-47-69-70-48-32-58(52-78(70)85(77(69)51-57)75-19-11-7-15-67(75)68-16-8-12-20-76(68)85)26-24-56-29-35-60(36-30-56)62-38-50-82-74(54-62)72-18-10-14-22-80(72)87(82)66-45-41-64(42-46-66)84(4,5)6/h7-54H,1-6H3. The van der Waals surface area contributed by atoms with Gasteiger partial charge in [-0.05, 0) is 184 Å². The number of nitrogens with zero attached hydrogens (tertiary/aromatic N) is 2. The third kappa shape index (κ3) is 8.52. The van der Waals surface area contributed by atoms with Crippen LogP contribution in [0.4, 0.5) is 0 Å². The fourth-order valence-electron chi connectivity index (χ4n) is 14.4. The molecule has 12 aromatic carbocycles. The second-order valence-electron chi connectivity index (χ2n) is 26.1. The monoisotopic (exact) mass is 1110 g/mol. The van der Waals surface area contributed by atoms with Crippen molar-refractivity contribution in [2.75, 3.05) is 0 Å². The largest absolute Gasteiger partial charge is 0.309 e. The van der Waals surface area contributed by atoms with Gasteiger partial charge >= 0.3 is 0 Å². The van der Waals surface area contributed by atoms with E-state index in [9.17, 15) is 0 Å². The predicted octanol–water partition coefficient (Wildman–Crippen LogP) is 22.5. The molecule has 0 radical (unpaired) electrons. The maximum Gasteiger partial charge on any atom is 0.0725 e. The molecule has 0 amide bonds. The van der Waals surface area contributed by atoms with Crippen LogP contribution < -0.4 is 0 Å². The predicted molar refractivity (Wildman–Crippen MR) is 370 cm³/mol. The highest BCUT2D eigenvalue weighted by Crippen LogP contribution is 2.63. The van der Waals surface area contributed by atoms with E-state index in [0.717, 1.165) is 11.1 Å². The van der Waals surface area contributed by atoms with Gasteiger partial charge in [0, 0.05) is 32.9 Å². The van der Waals surface area contributed by atoms with Crippen LogP contribution >= 0.6 is 0 Å². The third-order valence-electron chi connectivity index (χ3n) is 18.9. The molecule has 16 rings (SSSR count). The van der Waals surface area contributed by atoms with Gasteiger partial charge in [0.05, 0.1) is 27.5 Å². The van der Waals surface area contributed by atoms with Gasteiger partial charge in [0.1, 0.15) is 0 Å². The van der Waals surface area contributed by atoms with Crippen molar-refractivity contribution in [3.05, 3.63) is 323 Å². The van der Waals surface area contributed by atoms with Crippen molar-refractivity contribution in [1.82, 2.24) is 9.13 Å². The number of rotatable bonds is 8. The van der Waals surface area contributed by atoms with Crippen molar-refractivity contribution in [2.24, 2.45) is 0 Å². The summed E-state index contributed by atoms with van der Waals surface area (Å²) < 4.78 is 4.81. The fraction of sp³-hybridized carbons (Fsp3) is 0.106. The van der Waals surface area contributed by atoms with Crippen LogP contribution in [0.1, 0.15) is 97.2 Å². The zero-order valence-corrected chi connectivity index (χ0v) is 50.1. The molecule has 2 aliphatic rings. The average molecular weight is 1120 g/mol. The Balaban J connectivity index is 0.692. The first-order valence-electron chi connectivity index (χ1n) is 30.7. The molecule has 0 unspecified atom stereocenters. The second-order valence-corrected chi connectivity index (χ2v) is 26.1. The van der Waals surface area contributed by atoms with Crippen molar-refractivity contribution in [3.63, 3.8) is 0 Å². The van der Waals surface area contributed by atoms with Gasteiger partial charge < -0.3 is 9.13 Å². The lowest BCUT2D eigenvalue weighted by Crippen LogP contribution is -2.26. The lowest BCUT2D eigenvalue weighted by molar-refractivity contribution is 0.590. The second kappa shape index (κ2) is 19.9. The van der Waals surface area contributed by atoms with E-state index < -0.39 is 5.41 Å². The molecule has 2 nitrogen and oxygen atoms in total. The molecule has 0 aliphatic heterocycles. The smallest absolute Gasteiger partial charge is 0.0725 e. The summed E-state index contributed by atoms with van der Waals surface area (Å²) in [5, 5.41) is 5.04. The summed E-state index contributed by atoms with van der Waals surface area (Å²) in [4.78, 5) is 0. The van der Waals surface area contributed by atoms with E-state index in [-0.39, 0.29) is 10.8 Å². The maximum absolute atomic E-state index is 2.46. The molecular formula is C85H66N2. The lowest BCUT2D eigenvalue weighted by Gasteiger charge is -2.30. The number of hydrogen-bond donors (Lipinski definition) is 0. The zero-order valence-electron chi connectivity index (χ0n) is 50.1. The summed E-state index contributed by atoms with van der Waals surface area (Å²) in [5.74, 6) is 0. The van der Waals surface area contributed by atoms with E-state index in [4.69, 9.17) is 0 Å². The number of aromatic nitrogens is 2. The Morgan fingerprint density at radius 2 is 0.598 bits per heavy atom. The quantitative estimate of drug-likeness (QED) is 0.134. The Labute approximate surface area is 510 Å². The minimum Gasteiger partial charge on any atom is -0.309 e. The van der Waals surface area contributed by atoms with Gasteiger partial charge in [-0.25, -0.2) is 0 Å². The number of fused-ring (bicyclic) bond motifs is 16. The normalized spacial score (nSPS) is 13.4. The molecule has 0 N–H and O–H groups in total. The van der Waals surface area contributed by atoms with Crippen LogP contribution in [0.25, 0.3) is 124 Å². The molecular weight excluding hydrogens is 1050 g/mol. The van der Waals surface area contributed by atoms with Crippen LogP contribution in [0.5, 0.6) is 0 Å². The van der Waals surface area contributed by atoms with Crippen molar-refractivity contribution in [1.29, 1.82) is 0 Å². The highest BCUT2D eigenvalue weighted by Gasteiger charge is 2.51. The molecule has 0 saturated carbocycles. The van der Waals surface area contributed by atoms with E-state index in [1.807, 2.05) is 0 Å². The van der Waals surface area contributed by atoms with Gasteiger partial charge in [0.25, 0.3) is 0 Å². The van der Waals surface area contributed by atoms with E-state index in [1.54, 1.807) is 0 Å². The van der Waals surface area contributed by atoms with E-state index >= 15 is 0 Å². The molecule has 2 heteroatoms. The average Bonchev–Trinajstić information content (AvgIpc) is 1.52. The number of benzene rings is 12. The Morgan fingerprint density at radius 3 is 1.01 bits per heavy atom. The van der Waals surface area contributed by atoms with Gasteiger partial charge in [0.2, 0.25) is 0 Å². The highest BCUT2D eigenvalue weighted by molar-refractivity contribution is 6.12. The molecule has 14 aromatic rings. The summed E-state index contributed by atoms with van der Waals surface area (Å²) in [5.41, 5.74) is 29.7. The summed E-state index contributed by atoms with van der Waals surface area (Å²) in [6.07, 6.45) is 9.11. The van der Waals surface area contributed by atoms with Crippen LogP contribution in [-0.2, 0) is 16.2 Å². The molecule has 87 heavy (non-hydrogen) atoms. The Morgan fingerprint density at radius 1 is 0.264 bits per heavy atom. The van der Waals surface area contributed by atoms with Gasteiger partial charge in [-0.15, -0.1) is 0 Å². The first-order valence-corrected chi connectivity index (χ1v) is 30.7. The molecule has 2 aromatic heterocycles. The van der Waals surface area contributed by atoms with Crippen molar-refractivity contribution in [3.8, 4) is 55.9 Å². The first kappa shape index (κ1) is 52.3.